The number of sulfonamides is 1. The molecular weight excluding hydrogens is 366 g/mol. The number of carbonyl (C=O) groups excluding carboxylic acids is 1. The normalized spacial score (nSPS) is 14.5. The number of urea groups is 1. The molecule has 0 radical (unpaired) electrons. The van der Waals surface area contributed by atoms with Gasteiger partial charge in [-0.2, -0.15) is 5.26 Å². The van der Waals surface area contributed by atoms with Gasteiger partial charge in [-0.3, -0.25) is 0 Å². The summed E-state index contributed by atoms with van der Waals surface area (Å²) in [5.41, 5.74) is 1.40. The molecular formula is C18H19N5O3S. The molecule has 0 unspecified atom stereocenters. The van der Waals surface area contributed by atoms with E-state index in [1.54, 1.807) is 30.5 Å². The lowest BCUT2D eigenvalue weighted by atomic mass is 10.2. The molecule has 0 spiro atoms. The van der Waals surface area contributed by atoms with E-state index in [4.69, 9.17) is 0 Å². The molecule has 0 atom stereocenters. The van der Waals surface area contributed by atoms with Crippen LogP contribution in [0.25, 0.3) is 0 Å². The number of aryl methyl sites for hydroxylation is 1. The first kappa shape index (κ1) is 18.7. The smallest absolute Gasteiger partial charge is 0.331 e. The van der Waals surface area contributed by atoms with E-state index in [0.29, 0.717) is 37.6 Å². The number of rotatable bonds is 3. The number of nitriles is 1. The Morgan fingerprint density at radius 1 is 1.15 bits per heavy atom. The van der Waals surface area contributed by atoms with E-state index in [9.17, 15) is 18.5 Å². The van der Waals surface area contributed by atoms with Gasteiger partial charge in [0.2, 0.25) is 0 Å². The molecule has 2 amide bonds. The van der Waals surface area contributed by atoms with Crippen LogP contribution in [0.1, 0.15) is 11.1 Å². The van der Waals surface area contributed by atoms with Gasteiger partial charge < -0.3 is 9.80 Å². The number of nitrogens with zero attached hydrogens (tertiary/aromatic N) is 4. The maximum absolute atomic E-state index is 12.4. The zero-order valence-electron chi connectivity index (χ0n) is 14.8. The Morgan fingerprint density at radius 3 is 2.44 bits per heavy atom. The summed E-state index contributed by atoms with van der Waals surface area (Å²) < 4.78 is 26.8. The molecule has 9 heteroatoms. The molecule has 1 fully saturated rings. The van der Waals surface area contributed by atoms with Crippen molar-refractivity contribution < 1.29 is 13.2 Å². The molecule has 27 heavy (non-hydrogen) atoms. The quantitative estimate of drug-likeness (QED) is 0.858. The SMILES string of the molecule is Cc1ccc(S(=O)(=O)NC(=O)N2CCN(c3ncccc3C#N)CC2)cc1. The second-order valence-corrected chi connectivity index (χ2v) is 7.87. The molecule has 8 nitrogen and oxygen atoms in total. The van der Waals surface area contributed by atoms with Crippen molar-refractivity contribution in [1.29, 1.82) is 5.26 Å². The lowest BCUT2D eigenvalue weighted by Gasteiger charge is -2.35. The third kappa shape index (κ3) is 4.17. The summed E-state index contributed by atoms with van der Waals surface area (Å²) in [6.45, 7) is 3.44. The topological polar surface area (TPSA) is 106 Å². The van der Waals surface area contributed by atoms with Crippen LogP contribution in [0.4, 0.5) is 10.6 Å². The molecule has 1 aliphatic heterocycles. The van der Waals surface area contributed by atoms with Gasteiger partial charge in [0.25, 0.3) is 10.0 Å². The Hall–Kier alpha value is -3.12. The van der Waals surface area contributed by atoms with Crippen LogP contribution in [0, 0.1) is 18.3 Å². The van der Waals surface area contributed by atoms with Crippen LogP contribution in [-0.4, -0.2) is 50.5 Å². The molecule has 0 saturated carbocycles. The Morgan fingerprint density at radius 2 is 1.81 bits per heavy atom. The summed E-state index contributed by atoms with van der Waals surface area (Å²) in [6.07, 6.45) is 1.61. The predicted molar refractivity (Wildman–Crippen MR) is 99.6 cm³/mol. The molecule has 2 heterocycles. The van der Waals surface area contributed by atoms with Crippen molar-refractivity contribution in [2.45, 2.75) is 11.8 Å². The summed E-state index contributed by atoms with van der Waals surface area (Å²) in [5.74, 6) is 0.576. The number of piperazine rings is 1. The maximum atomic E-state index is 12.4. The fourth-order valence-corrected chi connectivity index (χ4v) is 3.78. The second-order valence-electron chi connectivity index (χ2n) is 6.18. The average molecular weight is 385 g/mol. The van der Waals surface area contributed by atoms with E-state index in [0.717, 1.165) is 5.56 Å². The van der Waals surface area contributed by atoms with E-state index in [-0.39, 0.29) is 4.90 Å². The molecule has 1 aromatic carbocycles. The fraction of sp³-hybridized carbons (Fsp3) is 0.278. The highest BCUT2D eigenvalue weighted by atomic mass is 32.2. The van der Waals surface area contributed by atoms with Gasteiger partial charge in [0.05, 0.1) is 10.5 Å². The van der Waals surface area contributed by atoms with Crippen LogP contribution in [0.3, 0.4) is 0 Å². The molecule has 140 valence electrons. The first-order valence-corrected chi connectivity index (χ1v) is 9.87. The van der Waals surface area contributed by atoms with Crippen molar-refractivity contribution in [1.82, 2.24) is 14.6 Å². The Balaban J connectivity index is 1.63. The standard InChI is InChI=1S/C18H19N5O3S/c1-14-4-6-16(7-5-14)27(25,26)21-18(24)23-11-9-22(10-12-23)17-15(13-19)3-2-8-20-17/h2-8H,9-12H2,1H3,(H,21,24). The summed E-state index contributed by atoms with van der Waals surface area (Å²) in [6, 6.07) is 11.1. The number of benzene rings is 1. The minimum atomic E-state index is -3.91. The zero-order chi connectivity index (χ0) is 19.4. The van der Waals surface area contributed by atoms with Gasteiger partial charge >= 0.3 is 6.03 Å². The highest BCUT2D eigenvalue weighted by molar-refractivity contribution is 7.90. The maximum Gasteiger partial charge on any atom is 0.331 e. The molecule has 1 saturated heterocycles. The number of hydrogen-bond donors (Lipinski definition) is 1. The van der Waals surface area contributed by atoms with Gasteiger partial charge in [0.1, 0.15) is 11.9 Å². The molecule has 1 aliphatic rings. The first-order chi connectivity index (χ1) is 12.9. The first-order valence-electron chi connectivity index (χ1n) is 8.39. The molecule has 0 bridgehead atoms. The number of amides is 2. The van der Waals surface area contributed by atoms with Crippen molar-refractivity contribution in [3.05, 3.63) is 53.7 Å². The Kier molecular flexibility index (Phi) is 5.28. The van der Waals surface area contributed by atoms with E-state index in [2.05, 4.69) is 15.8 Å². The van der Waals surface area contributed by atoms with Gasteiger partial charge in [-0.25, -0.2) is 22.9 Å². The molecule has 0 aliphatic carbocycles. The van der Waals surface area contributed by atoms with Crippen LogP contribution in [0.15, 0.2) is 47.5 Å². The minimum Gasteiger partial charge on any atom is -0.352 e. The van der Waals surface area contributed by atoms with Crippen molar-refractivity contribution in [2.24, 2.45) is 0 Å². The highest BCUT2D eigenvalue weighted by Gasteiger charge is 2.26. The van der Waals surface area contributed by atoms with Gasteiger partial charge in [-0.15, -0.1) is 0 Å². The monoisotopic (exact) mass is 385 g/mol. The van der Waals surface area contributed by atoms with Crippen LogP contribution in [-0.2, 0) is 10.0 Å². The Labute approximate surface area is 158 Å². The van der Waals surface area contributed by atoms with Gasteiger partial charge in [-0.05, 0) is 31.2 Å². The van der Waals surface area contributed by atoms with Crippen LogP contribution >= 0.6 is 0 Å². The van der Waals surface area contributed by atoms with Crippen molar-refractivity contribution >= 4 is 21.9 Å². The number of carbonyl (C=O) groups is 1. The predicted octanol–water partition coefficient (Wildman–Crippen LogP) is 1.48. The third-order valence-corrected chi connectivity index (χ3v) is 5.66. The number of anilines is 1. The average Bonchev–Trinajstić information content (AvgIpc) is 2.68. The van der Waals surface area contributed by atoms with Crippen LogP contribution < -0.4 is 9.62 Å². The van der Waals surface area contributed by atoms with Crippen molar-refractivity contribution in [2.75, 3.05) is 31.1 Å². The lowest BCUT2D eigenvalue weighted by molar-refractivity contribution is 0.200. The molecule has 3 rings (SSSR count). The summed E-state index contributed by atoms with van der Waals surface area (Å²) in [7, 11) is -3.91. The summed E-state index contributed by atoms with van der Waals surface area (Å²) in [5, 5.41) is 9.18. The number of pyridine rings is 1. The van der Waals surface area contributed by atoms with E-state index in [1.807, 2.05) is 11.8 Å². The second kappa shape index (κ2) is 7.63. The van der Waals surface area contributed by atoms with Crippen LogP contribution in [0.2, 0.25) is 0 Å². The third-order valence-electron chi connectivity index (χ3n) is 4.33. The minimum absolute atomic E-state index is 0.0484. The molecule has 2 aromatic rings. The number of hydrogen-bond acceptors (Lipinski definition) is 6. The zero-order valence-corrected chi connectivity index (χ0v) is 15.6. The largest absolute Gasteiger partial charge is 0.352 e. The number of aromatic nitrogens is 1. The van der Waals surface area contributed by atoms with Gasteiger partial charge in [-0.1, -0.05) is 17.7 Å². The highest BCUT2D eigenvalue weighted by Crippen LogP contribution is 2.18. The Bertz CT molecular complexity index is 975. The van der Waals surface area contributed by atoms with E-state index >= 15 is 0 Å². The van der Waals surface area contributed by atoms with Crippen molar-refractivity contribution in [3.8, 4) is 6.07 Å². The van der Waals surface area contributed by atoms with Gasteiger partial charge in [0, 0.05) is 32.4 Å². The van der Waals surface area contributed by atoms with Gasteiger partial charge in [0.15, 0.2) is 0 Å². The van der Waals surface area contributed by atoms with E-state index in [1.165, 1.54) is 17.0 Å². The van der Waals surface area contributed by atoms with E-state index < -0.39 is 16.1 Å². The van der Waals surface area contributed by atoms with Crippen LogP contribution in [0.5, 0.6) is 0 Å². The fourth-order valence-electron chi connectivity index (χ4n) is 2.81. The lowest BCUT2D eigenvalue weighted by Crippen LogP contribution is -2.53. The molecule has 1 aromatic heterocycles. The molecule has 1 N–H and O–H groups in total. The number of nitrogens with one attached hydrogen (secondary N) is 1. The van der Waals surface area contributed by atoms with Crippen molar-refractivity contribution in [3.63, 3.8) is 0 Å². The summed E-state index contributed by atoms with van der Waals surface area (Å²) >= 11 is 0. The summed E-state index contributed by atoms with van der Waals surface area (Å²) in [4.78, 5) is 20.0.